The Hall–Kier alpha value is -2.25. The number of anilines is 2. The maximum absolute atomic E-state index is 9.86. The molecule has 0 spiro atoms. The first-order chi connectivity index (χ1) is 12.1. The average Bonchev–Trinajstić information content (AvgIpc) is 2.96. The standard InChI is InChI=1S/C18H21N5OS/c1-10-17(23-12-3-2-4-13(24)8-12)25-18(22-10)11-5-6-14-15(7-11)20-9-21-16(14)19/h5-7,9,12-13,23-24H,2-4,8H2,1H3,(H2,19,20,21). The molecule has 25 heavy (non-hydrogen) atoms. The van der Waals surface area contributed by atoms with E-state index in [0.717, 1.165) is 57.9 Å². The third-order valence-corrected chi connectivity index (χ3v) is 5.83. The first kappa shape index (κ1) is 16.2. The number of thiazole rings is 1. The Labute approximate surface area is 150 Å². The van der Waals surface area contributed by atoms with Crippen LogP contribution in [-0.2, 0) is 0 Å². The predicted octanol–water partition coefficient (Wildman–Crippen LogP) is 3.36. The SMILES string of the molecule is Cc1nc(-c2ccc3c(N)ncnc3c2)sc1NC1CCCC(O)C1. The van der Waals surface area contributed by atoms with Gasteiger partial charge in [-0.25, -0.2) is 15.0 Å². The molecule has 1 fully saturated rings. The van der Waals surface area contributed by atoms with Gasteiger partial charge in [-0.05, 0) is 44.7 Å². The van der Waals surface area contributed by atoms with Crippen LogP contribution in [0.15, 0.2) is 24.5 Å². The molecular formula is C18H21N5OS. The van der Waals surface area contributed by atoms with Crippen molar-refractivity contribution in [3.8, 4) is 10.6 Å². The van der Waals surface area contributed by atoms with Crippen molar-refractivity contribution < 1.29 is 5.11 Å². The molecule has 1 saturated carbocycles. The lowest BCUT2D eigenvalue weighted by Crippen LogP contribution is -2.29. The van der Waals surface area contributed by atoms with E-state index >= 15 is 0 Å². The van der Waals surface area contributed by atoms with Crippen LogP contribution in [0.2, 0.25) is 0 Å². The van der Waals surface area contributed by atoms with E-state index < -0.39 is 0 Å². The van der Waals surface area contributed by atoms with Gasteiger partial charge in [0.2, 0.25) is 0 Å². The average molecular weight is 355 g/mol. The summed E-state index contributed by atoms with van der Waals surface area (Å²) in [5.41, 5.74) is 8.73. The highest BCUT2D eigenvalue weighted by atomic mass is 32.1. The zero-order valence-electron chi connectivity index (χ0n) is 14.1. The van der Waals surface area contributed by atoms with Gasteiger partial charge >= 0.3 is 0 Å². The number of hydrogen-bond acceptors (Lipinski definition) is 7. The van der Waals surface area contributed by atoms with Crippen LogP contribution in [0.3, 0.4) is 0 Å². The summed E-state index contributed by atoms with van der Waals surface area (Å²) >= 11 is 1.64. The summed E-state index contributed by atoms with van der Waals surface area (Å²) in [7, 11) is 0. The van der Waals surface area contributed by atoms with E-state index in [4.69, 9.17) is 10.7 Å². The van der Waals surface area contributed by atoms with Crippen molar-refractivity contribution in [3.63, 3.8) is 0 Å². The number of aromatic nitrogens is 3. The number of benzene rings is 1. The second-order valence-electron chi connectivity index (χ2n) is 6.59. The minimum absolute atomic E-state index is 0.190. The Bertz CT molecular complexity index is 910. The fraction of sp³-hybridized carbons (Fsp3) is 0.389. The van der Waals surface area contributed by atoms with E-state index in [2.05, 4.69) is 15.3 Å². The van der Waals surface area contributed by atoms with Gasteiger partial charge in [-0.2, -0.15) is 0 Å². The maximum atomic E-state index is 9.86. The lowest BCUT2D eigenvalue weighted by atomic mass is 9.93. The van der Waals surface area contributed by atoms with Crippen molar-refractivity contribution in [2.45, 2.75) is 44.8 Å². The quantitative estimate of drug-likeness (QED) is 0.666. The van der Waals surface area contributed by atoms with Gasteiger partial charge in [0.25, 0.3) is 0 Å². The fourth-order valence-electron chi connectivity index (χ4n) is 3.35. The number of aliphatic hydroxyl groups excluding tert-OH is 1. The van der Waals surface area contributed by atoms with E-state index in [9.17, 15) is 5.11 Å². The van der Waals surface area contributed by atoms with E-state index in [1.54, 1.807) is 11.3 Å². The molecule has 7 heteroatoms. The molecule has 4 rings (SSSR count). The van der Waals surface area contributed by atoms with Crippen molar-refractivity contribution in [2.75, 3.05) is 11.1 Å². The molecule has 2 aromatic heterocycles. The Morgan fingerprint density at radius 3 is 3.00 bits per heavy atom. The third-order valence-electron chi connectivity index (χ3n) is 4.69. The normalized spacial score (nSPS) is 20.7. The van der Waals surface area contributed by atoms with Crippen LogP contribution in [0.25, 0.3) is 21.5 Å². The smallest absolute Gasteiger partial charge is 0.134 e. The summed E-state index contributed by atoms with van der Waals surface area (Å²) < 4.78 is 0. The van der Waals surface area contributed by atoms with Crippen LogP contribution in [-0.4, -0.2) is 32.2 Å². The predicted molar refractivity (Wildman–Crippen MR) is 102 cm³/mol. The van der Waals surface area contributed by atoms with Crippen molar-refractivity contribution in [2.24, 2.45) is 0 Å². The number of aliphatic hydroxyl groups is 1. The van der Waals surface area contributed by atoms with E-state index in [1.165, 1.54) is 6.33 Å². The molecule has 2 unspecified atom stereocenters. The van der Waals surface area contributed by atoms with Crippen molar-refractivity contribution >= 4 is 33.1 Å². The molecule has 2 atom stereocenters. The number of aryl methyl sites for hydroxylation is 1. The molecule has 0 amide bonds. The summed E-state index contributed by atoms with van der Waals surface area (Å²) in [6.07, 6.45) is 5.16. The van der Waals surface area contributed by atoms with Crippen LogP contribution in [0.5, 0.6) is 0 Å². The van der Waals surface area contributed by atoms with Gasteiger partial charge in [0.1, 0.15) is 22.2 Å². The summed E-state index contributed by atoms with van der Waals surface area (Å²) in [4.78, 5) is 13.0. The number of nitrogens with two attached hydrogens (primary N) is 1. The highest BCUT2D eigenvalue weighted by molar-refractivity contribution is 7.19. The van der Waals surface area contributed by atoms with Crippen LogP contribution < -0.4 is 11.1 Å². The van der Waals surface area contributed by atoms with Gasteiger partial charge in [-0.15, -0.1) is 0 Å². The Morgan fingerprint density at radius 2 is 2.16 bits per heavy atom. The molecule has 0 aliphatic heterocycles. The second-order valence-corrected chi connectivity index (χ2v) is 7.59. The van der Waals surface area contributed by atoms with Gasteiger partial charge in [-0.1, -0.05) is 17.4 Å². The van der Waals surface area contributed by atoms with Crippen molar-refractivity contribution in [1.82, 2.24) is 15.0 Å². The van der Waals surface area contributed by atoms with Crippen LogP contribution in [0.4, 0.5) is 10.8 Å². The Balaban J connectivity index is 1.61. The zero-order valence-corrected chi connectivity index (χ0v) is 14.9. The topological polar surface area (TPSA) is 97.0 Å². The summed E-state index contributed by atoms with van der Waals surface area (Å²) in [5.74, 6) is 0.491. The first-order valence-electron chi connectivity index (χ1n) is 8.53. The Kier molecular flexibility index (Phi) is 4.27. The van der Waals surface area contributed by atoms with Crippen molar-refractivity contribution in [3.05, 3.63) is 30.2 Å². The minimum atomic E-state index is -0.190. The fourth-order valence-corrected chi connectivity index (χ4v) is 4.38. The van der Waals surface area contributed by atoms with Gasteiger partial charge in [0.05, 0.1) is 17.3 Å². The maximum Gasteiger partial charge on any atom is 0.134 e. The van der Waals surface area contributed by atoms with E-state index in [0.29, 0.717) is 11.9 Å². The summed E-state index contributed by atoms with van der Waals surface area (Å²) in [6, 6.07) is 6.27. The van der Waals surface area contributed by atoms with Gasteiger partial charge in [0, 0.05) is 17.0 Å². The lowest BCUT2D eigenvalue weighted by Gasteiger charge is -2.26. The van der Waals surface area contributed by atoms with E-state index in [1.807, 2.05) is 25.1 Å². The third kappa shape index (κ3) is 3.29. The number of nitrogen functional groups attached to an aromatic ring is 1. The molecule has 1 aliphatic carbocycles. The molecule has 4 N–H and O–H groups in total. The highest BCUT2D eigenvalue weighted by Crippen LogP contribution is 2.35. The lowest BCUT2D eigenvalue weighted by molar-refractivity contribution is 0.124. The van der Waals surface area contributed by atoms with Crippen molar-refractivity contribution in [1.29, 1.82) is 0 Å². The molecule has 6 nitrogen and oxygen atoms in total. The molecule has 2 heterocycles. The first-order valence-corrected chi connectivity index (χ1v) is 9.34. The number of rotatable bonds is 3. The highest BCUT2D eigenvalue weighted by Gasteiger charge is 2.21. The largest absolute Gasteiger partial charge is 0.393 e. The number of fused-ring (bicyclic) bond motifs is 1. The number of hydrogen-bond donors (Lipinski definition) is 3. The molecular weight excluding hydrogens is 334 g/mol. The molecule has 3 aromatic rings. The summed E-state index contributed by atoms with van der Waals surface area (Å²) in [5, 5.41) is 16.3. The monoisotopic (exact) mass is 355 g/mol. The summed E-state index contributed by atoms with van der Waals surface area (Å²) in [6.45, 7) is 2.02. The second kappa shape index (κ2) is 6.57. The van der Waals surface area contributed by atoms with Gasteiger partial charge < -0.3 is 16.2 Å². The molecule has 0 saturated heterocycles. The molecule has 130 valence electrons. The molecule has 1 aliphatic rings. The minimum Gasteiger partial charge on any atom is -0.393 e. The van der Waals surface area contributed by atoms with Gasteiger partial charge in [-0.3, -0.25) is 0 Å². The van der Waals surface area contributed by atoms with Crippen LogP contribution in [0.1, 0.15) is 31.4 Å². The van der Waals surface area contributed by atoms with E-state index in [-0.39, 0.29) is 6.10 Å². The van der Waals surface area contributed by atoms with Gasteiger partial charge in [0.15, 0.2) is 0 Å². The molecule has 0 bridgehead atoms. The zero-order chi connectivity index (χ0) is 17.4. The van der Waals surface area contributed by atoms with Crippen LogP contribution in [0, 0.1) is 6.92 Å². The number of nitrogens with zero attached hydrogens (tertiary/aromatic N) is 3. The number of nitrogens with one attached hydrogen (secondary N) is 1. The Morgan fingerprint density at radius 1 is 1.28 bits per heavy atom. The molecule has 1 aromatic carbocycles. The molecule has 0 radical (unpaired) electrons. The van der Waals surface area contributed by atoms with Crippen LogP contribution >= 0.6 is 11.3 Å².